The summed E-state index contributed by atoms with van der Waals surface area (Å²) in [6.07, 6.45) is 0.131. The summed E-state index contributed by atoms with van der Waals surface area (Å²) in [6, 6.07) is 10.2. The number of hydrogen-bond acceptors (Lipinski definition) is 2. The number of nitrogens with zero attached hydrogens (tertiary/aromatic N) is 1. The van der Waals surface area contributed by atoms with Crippen molar-refractivity contribution in [2.45, 2.75) is 20.3 Å². The van der Waals surface area contributed by atoms with E-state index < -0.39 is 0 Å². The Morgan fingerprint density at radius 3 is 2.40 bits per heavy atom. The highest BCUT2D eigenvalue weighted by Gasteiger charge is 2.15. The van der Waals surface area contributed by atoms with Gasteiger partial charge in [0, 0.05) is 36.3 Å². The maximum Gasteiger partial charge on any atom is 0.226 e. The molecule has 4 nitrogen and oxygen atoms in total. The summed E-state index contributed by atoms with van der Waals surface area (Å²) >= 11 is 17.9. The van der Waals surface area contributed by atoms with Gasteiger partial charge in [0.15, 0.2) is 0 Å². The standard InChI is InChI=1S/C18H17Cl3N2O2/c1-11-3-4-13(19)9-17(11)22-18(25)7-8-23(12(2)24)14-5-6-15(20)16(21)10-14/h3-6,9-10H,7-8H2,1-2H3,(H,22,25). The average Bonchev–Trinajstić information content (AvgIpc) is 2.54. The van der Waals surface area contributed by atoms with Gasteiger partial charge in [-0.05, 0) is 42.8 Å². The molecule has 0 unspecified atom stereocenters. The van der Waals surface area contributed by atoms with Crippen LogP contribution >= 0.6 is 34.8 Å². The lowest BCUT2D eigenvalue weighted by molar-refractivity contribution is -0.117. The predicted molar refractivity (Wildman–Crippen MR) is 104 cm³/mol. The number of benzene rings is 2. The summed E-state index contributed by atoms with van der Waals surface area (Å²) < 4.78 is 0. The SMILES string of the molecule is CC(=O)N(CCC(=O)Nc1cc(Cl)ccc1C)c1ccc(Cl)c(Cl)c1. The van der Waals surface area contributed by atoms with E-state index in [4.69, 9.17) is 34.8 Å². The van der Waals surface area contributed by atoms with Crippen molar-refractivity contribution in [2.24, 2.45) is 0 Å². The molecule has 0 atom stereocenters. The Hall–Kier alpha value is -1.75. The molecule has 0 saturated carbocycles. The monoisotopic (exact) mass is 398 g/mol. The third-order valence-electron chi connectivity index (χ3n) is 3.63. The molecular weight excluding hydrogens is 383 g/mol. The zero-order valence-electron chi connectivity index (χ0n) is 13.8. The Bertz CT molecular complexity index is 809. The van der Waals surface area contributed by atoms with Crippen LogP contribution in [0.15, 0.2) is 36.4 Å². The fourth-order valence-electron chi connectivity index (χ4n) is 2.28. The number of halogens is 3. The molecule has 25 heavy (non-hydrogen) atoms. The zero-order chi connectivity index (χ0) is 18.6. The molecule has 0 bridgehead atoms. The van der Waals surface area contributed by atoms with E-state index >= 15 is 0 Å². The molecule has 2 rings (SSSR count). The van der Waals surface area contributed by atoms with Crippen molar-refractivity contribution in [2.75, 3.05) is 16.8 Å². The number of carbonyl (C=O) groups excluding carboxylic acids is 2. The Labute approximate surface area is 161 Å². The number of aryl methyl sites for hydroxylation is 1. The third-order valence-corrected chi connectivity index (χ3v) is 4.61. The van der Waals surface area contributed by atoms with Crippen LogP contribution in [0.4, 0.5) is 11.4 Å². The van der Waals surface area contributed by atoms with Crippen molar-refractivity contribution in [3.63, 3.8) is 0 Å². The molecule has 0 spiro atoms. The van der Waals surface area contributed by atoms with Crippen molar-refractivity contribution in [3.05, 3.63) is 57.0 Å². The van der Waals surface area contributed by atoms with Gasteiger partial charge < -0.3 is 10.2 Å². The van der Waals surface area contributed by atoms with E-state index in [1.165, 1.54) is 11.8 Å². The summed E-state index contributed by atoms with van der Waals surface area (Å²) in [6.45, 7) is 3.53. The van der Waals surface area contributed by atoms with Gasteiger partial charge >= 0.3 is 0 Å². The maximum absolute atomic E-state index is 12.2. The molecule has 0 aliphatic carbocycles. The topological polar surface area (TPSA) is 49.4 Å². The van der Waals surface area contributed by atoms with E-state index in [0.29, 0.717) is 26.4 Å². The highest BCUT2D eigenvalue weighted by molar-refractivity contribution is 6.42. The molecule has 0 aromatic heterocycles. The van der Waals surface area contributed by atoms with Gasteiger partial charge in [0.25, 0.3) is 0 Å². The third kappa shape index (κ3) is 5.36. The summed E-state index contributed by atoms with van der Waals surface area (Å²) in [5.41, 5.74) is 2.15. The van der Waals surface area contributed by atoms with Crippen LogP contribution in [0, 0.1) is 6.92 Å². The van der Waals surface area contributed by atoms with Crippen LogP contribution in [-0.4, -0.2) is 18.4 Å². The fourth-order valence-corrected chi connectivity index (χ4v) is 2.74. The van der Waals surface area contributed by atoms with Crippen molar-refractivity contribution in [3.8, 4) is 0 Å². The van der Waals surface area contributed by atoms with Gasteiger partial charge in [-0.15, -0.1) is 0 Å². The molecule has 2 amide bonds. The van der Waals surface area contributed by atoms with E-state index in [9.17, 15) is 9.59 Å². The van der Waals surface area contributed by atoms with Gasteiger partial charge in [-0.3, -0.25) is 9.59 Å². The lowest BCUT2D eigenvalue weighted by Crippen LogP contribution is -2.32. The predicted octanol–water partition coefficient (Wildman–Crippen LogP) is 5.34. The van der Waals surface area contributed by atoms with Crippen molar-refractivity contribution < 1.29 is 9.59 Å². The molecule has 1 N–H and O–H groups in total. The maximum atomic E-state index is 12.2. The number of rotatable bonds is 5. The van der Waals surface area contributed by atoms with Crippen LogP contribution in [0.25, 0.3) is 0 Å². The number of amides is 2. The highest BCUT2D eigenvalue weighted by atomic mass is 35.5. The summed E-state index contributed by atoms with van der Waals surface area (Å²) in [5, 5.41) is 4.11. The van der Waals surface area contributed by atoms with Gasteiger partial charge in [0.1, 0.15) is 0 Å². The second-order valence-electron chi connectivity index (χ2n) is 5.53. The molecule has 7 heteroatoms. The number of nitrogens with one attached hydrogen (secondary N) is 1. The van der Waals surface area contributed by atoms with Gasteiger partial charge in [-0.1, -0.05) is 40.9 Å². The van der Waals surface area contributed by atoms with Crippen LogP contribution < -0.4 is 10.2 Å². The fraction of sp³-hybridized carbons (Fsp3) is 0.222. The van der Waals surface area contributed by atoms with E-state index in [1.54, 1.807) is 30.3 Å². The van der Waals surface area contributed by atoms with Crippen molar-refractivity contribution in [1.82, 2.24) is 0 Å². The minimum absolute atomic E-state index is 0.131. The smallest absolute Gasteiger partial charge is 0.226 e. The van der Waals surface area contributed by atoms with E-state index in [0.717, 1.165) is 5.56 Å². The lowest BCUT2D eigenvalue weighted by Gasteiger charge is -2.21. The van der Waals surface area contributed by atoms with Crippen molar-refractivity contribution >= 4 is 58.0 Å². The number of hydrogen-bond donors (Lipinski definition) is 1. The van der Waals surface area contributed by atoms with Crippen LogP contribution in [0.1, 0.15) is 18.9 Å². The largest absolute Gasteiger partial charge is 0.326 e. The Balaban J connectivity index is 2.05. The molecular formula is C18H17Cl3N2O2. The first-order valence-corrected chi connectivity index (χ1v) is 8.70. The average molecular weight is 400 g/mol. The quantitative estimate of drug-likeness (QED) is 0.738. The minimum Gasteiger partial charge on any atom is -0.326 e. The molecule has 0 fully saturated rings. The summed E-state index contributed by atoms with van der Waals surface area (Å²) in [7, 11) is 0. The van der Waals surface area contributed by atoms with Gasteiger partial charge in [-0.25, -0.2) is 0 Å². The van der Waals surface area contributed by atoms with E-state index in [1.807, 2.05) is 13.0 Å². The van der Waals surface area contributed by atoms with Gasteiger partial charge in [0.2, 0.25) is 11.8 Å². The van der Waals surface area contributed by atoms with E-state index in [-0.39, 0.29) is 24.8 Å². The van der Waals surface area contributed by atoms with Crippen LogP contribution in [0.3, 0.4) is 0 Å². The van der Waals surface area contributed by atoms with Gasteiger partial charge in [0.05, 0.1) is 10.0 Å². The first-order valence-electron chi connectivity index (χ1n) is 7.57. The molecule has 0 radical (unpaired) electrons. The Morgan fingerprint density at radius 1 is 1.04 bits per heavy atom. The van der Waals surface area contributed by atoms with Crippen LogP contribution in [0.5, 0.6) is 0 Å². The van der Waals surface area contributed by atoms with Crippen LogP contribution in [0.2, 0.25) is 15.1 Å². The van der Waals surface area contributed by atoms with Gasteiger partial charge in [-0.2, -0.15) is 0 Å². The second kappa shape index (κ2) is 8.56. The highest BCUT2D eigenvalue weighted by Crippen LogP contribution is 2.27. The molecule has 2 aromatic rings. The second-order valence-corrected chi connectivity index (χ2v) is 6.78. The normalized spacial score (nSPS) is 10.4. The summed E-state index contributed by atoms with van der Waals surface area (Å²) in [4.78, 5) is 25.6. The Morgan fingerprint density at radius 2 is 1.76 bits per heavy atom. The zero-order valence-corrected chi connectivity index (χ0v) is 16.0. The molecule has 0 aliphatic rings. The molecule has 132 valence electrons. The molecule has 2 aromatic carbocycles. The minimum atomic E-state index is -0.211. The number of anilines is 2. The molecule has 0 aliphatic heterocycles. The molecule has 0 saturated heterocycles. The first-order chi connectivity index (χ1) is 11.8. The van der Waals surface area contributed by atoms with Crippen molar-refractivity contribution in [1.29, 1.82) is 0 Å². The summed E-state index contributed by atoms with van der Waals surface area (Å²) in [5.74, 6) is -0.401. The first kappa shape index (κ1) is 19.6. The van der Waals surface area contributed by atoms with E-state index in [2.05, 4.69) is 5.32 Å². The molecule has 0 heterocycles. The number of carbonyl (C=O) groups is 2. The van der Waals surface area contributed by atoms with Crippen LogP contribution in [-0.2, 0) is 9.59 Å². The lowest BCUT2D eigenvalue weighted by atomic mass is 10.2. The Kier molecular flexibility index (Phi) is 6.71.